The minimum absolute atomic E-state index is 0.462. The van der Waals surface area contributed by atoms with E-state index < -0.39 is 22.6 Å². The second kappa shape index (κ2) is 7.49. The molecule has 0 amide bonds. The highest BCUT2D eigenvalue weighted by molar-refractivity contribution is 6.21. The molecule has 0 atom stereocenters. The predicted octanol–water partition coefficient (Wildman–Crippen LogP) is 0.227. The molecule has 0 aromatic rings. The summed E-state index contributed by atoms with van der Waals surface area (Å²) in [5, 5.41) is 54.3. The Morgan fingerprint density at radius 2 is 1.00 bits per heavy atom. The van der Waals surface area contributed by atoms with Crippen molar-refractivity contribution in [1.29, 1.82) is 31.9 Å². The Morgan fingerprint density at radius 1 is 0.667 bits per heavy atom. The van der Waals surface area contributed by atoms with Crippen LogP contribution in [0.15, 0.2) is 21.3 Å². The van der Waals surface area contributed by atoms with Crippen molar-refractivity contribution in [2.75, 3.05) is 0 Å². The van der Waals surface area contributed by atoms with Crippen LogP contribution in [0.1, 0.15) is 0 Å². The van der Waals surface area contributed by atoms with Gasteiger partial charge in [0.1, 0.15) is 24.3 Å². The number of nitrogens with zero attached hydrogens (tertiary/aromatic N) is 6. The van der Waals surface area contributed by atoms with Crippen molar-refractivity contribution in [2.45, 2.75) is 0 Å². The quantitative estimate of drug-likeness (QED) is 0.405. The van der Waals surface area contributed by atoms with Gasteiger partial charge >= 0.3 is 0 Å². The zero-order valence-electron chi connectivity index (χ0n) is 8.68. The first-order valence-corrected chi connectivity index (χ1v) is 4.04. The molecule has 0 bridgehead atoms. The second-order valence-electron chi connectivity index (χ2n) is 2.34. The molecular formula is C10H2N8. The summed E-state index contributed by atoms with van der Waals surface area (Å²) in [6, 6.07) is 5.96. The van der Waals surface area contributed by atoms with Gasteiger partial charge in [-0.15, -0.1) is 10.2 Å². The number of nitriles is 4. The Kier molecular flexibility index (Phi) is 5.91. The van der Waals surface area contributed by atoms with E-state index in [4.69, 9.17) is 31.9 Å². The Labute approximate surface area is 101 Å². The minimum atomic E-state index is -0.525. The van der Waals surface area contributed by atoms with Crippen molar-refractivity contribution in [3.8, 4) is 24.3 Å². The first-order chi connectivity index (χ1) is 8.68. The lowest BCUT2D eigenvalue weighted by atomic mass is 10.2. The third-order valence-electron chi connectivity index (χ3n) is 1.41. The van der Waals surface area contributed by atoms with Crippen LogP contribution in [0.5, 0.6) is 0 Å². The molecule has 0 rings (SSSR count). The maximum absolute atomic E-state index is 8.64. The van der Waals surface area contributed by atoms with Crippen molar-refractivity contribution in [1.82, 2.24) is 0 Å². The lowest BCUT2D eigenvalue weighted by Gasteiger charge is -1.88. The van der Waals surface area contributed by atoms with E-state index in [1.54, 1.807) is 11.7 Å². The fourth-order valence-corrected chi connectivity index (χ4v) is 0.637. The summed E-state index contributed by atoms with van der Waals surface area (Å²) < 4.78 is 0. The first-order valence-electron chi connectivity index (χ1n) is 4.04. The summed E-state index contributed by atoms with van der Waals surface area (Å²) >= 11 is 0. The molecule has 0 aliphatic carbocycles. The second-order valence-corrected chi connectivity index (χ2v) is 2.34. The Balaban J connectivity index is 5.75. The van der Waals surface area contributed by atoms with Crippen LogP contribution in [-0.2, 0) is 0 Å². The third-order valence-corrected chi connectivity index (χ3v) is 1.41. The maximum Gasteiger partial charge on any atom is 0.190 e. The van der Waals surface area contributed by atoms with E-state index in [9.17, 15) is 0 Å². The Bertz CT molecular complexity index is 620. The molecule has 0 saturated carbocycles. The van der Waals surface area contributed by atoms with Crippen LogP contribution in [0.25, 0.3) is 0 Å². The fourth-order valence-electron chi connectivity index (χ4n) is 0.637. The van der Waals surface area contributed by atoms with Gasteiger partial charge in [-0.25, -0.2) is 0 Å². The molecule has 0 aliphatic rings. The summed E-state index contributed by atoms with van der Waals surface area (Å²) in [6.45, 7) is 0. The summed E-state index contributed by atoms with van der Waals surface area (Å²) in [5.41, 5.74) is -1.98. The van der Waals surface area contributed by atoms with Crippen LogP contribution < -0.4 is 0 Å². The van der Waals surface area contributed by atoms with E-state index in [1.807, 2.05) is 0 Å². The van der Waals surface area contributed by atoms with Gasteiger partial charge in [0.05, 0.1) is 0 Å². The third kappa shape index (κ3) is 3.41. The summed E-state index contributed by atoms with van der Waals surface area (Å²) in [4.78, 5) is 0. The minimum Gasteiger partial charge on any atom is -0.257 e. The fraction of sp³-hybridized carbons (Fsp3) is 0. The molecule has 0 radical (unpaired) electrons. The Hall–Kier alpha value is -3.80. The van der Waals surface area contributed by atoms with Crippen LogP contribution in [0.2, 0.25) is 0 Å². The van der Waals surface area contributed by atoms with Gasteiger partial charge in [-0.2, -0.15) is 21.0 Å². The van der Waals surface area contributed by atoms with Crippen molar-refractivity contribution in [3.63, 3.8) is 0 Å². The molecule has 18 heavy (non-hydrogen) atoms. The molecule has 2 N–H and O–H groups in total. The highest BCUT2D eigenvalue weighted by Crippen LogP contribution is 1.96. The van der Waals surface area contributed by atoms with Crippen molar-refractivity contribution < 1.29 is 0 Å². The van der Waals surface area contributed by atoms with E-state index in [1.165, 1.54) is 24.3 Å². The maximum atomic E-state index is 8.64. The van der Waals surface area contributed by atoms with Gasteiger partial charge in [0.2, 0.25) is 0 Å². The van der Waals surface area contributed by atoms with Crippen LogP contribution in [0.4, 0.5) is 0 Å². The van der Waals surface area contributed by atoms with Crippen LogP contribution in [-0.4, -0.2) is 23.2 Å². The largest absolute Gasteiger partial charge is 0.257 e. The molecule has 0 unspecified atom stereocenters. The molecule has 82 valence electrons. The number of hydrogen-bond acceptors (Lipinski definition) is 8. The molecular weight excluding hydrogens is 232 g/mol. The van der Waals surface area contributed by atoms with E-state index in [-0.39, 0.29) is 0 Å². The normalized spacial score (nSPS) is 9.56. The van der Waals surface area contributed by atoms with E-state index in [0.717, 1.165) is 0 Å². The number of nitrogens with one attached hydrogen (secondary N) is 2. The SMILES string of the molecule is N#CC(=C=N)/C(C#N)=N/N=C(\C#N)C(=C=N)C#N. The topological polar surface area (TPSA) is 168 Å². The van der Waals surface area contributed by atoms with Gasteiger partial charge in [-0.3, -0.25) is 10.8 Å². The van der Waals surface area contributed by atoms with E-state index in [0.29, 0.717) is 0 Å². The summed E-state index contributed by atoms with van der Waals surface area (Å²) in [5.74, 6) is 3.35. The molecule has 0 aromatic heterocycles. The predicted molar refractivity (Wildman–Crippen MR) is 59.8 cm³/mol. The van der Waals surface area contributed by atoms with Crippen LogP contribution in [0, 0.1) is 56.1 Å². The highest BCUT2D eigenvalue weighted by Gasteiger charge is 2.08. The zero-order valence-corrected chi connectivity index (χ0v) is 8.68. The monoisotopic (exact) mass is 234 g/mol. The average molecular weight is 234 g/mol. The van der Waals surface area contributed by atoms with Gasteiger partial charge < -0.3 is 0 Å². The van der Waals surface area contributed by atoms with E-state index in [2.05, 4.69) is 10.2 Å². The number of rotatable bonds is 3. The first kappa shape index (κ1) is 14.2. The van der Waals surface area contributed by atoms with Gasteiger partial charge in [0.15, 0.2) is 22.6 Å². The molecule has 0 aliphatic heterocycles. The van der Waals surface area contributed by atoms with Gasteiger partial charge in [-0.1, -0.05) is 0 Å². The average Bonchev–Trinajstić information content (AvgIpc) is 2.42. The van der Waals surface area contributed by atoms with Gasteiger partial charge in [0, 0.05) is 11.7 Å². The number of hydrogen-bond donors (Lipinski definition) is 2. The smallest absolute Gasteiger partial charge is 0.190 e. The van der Waals surface area contributed by atoms with Crippen molar-refractivity contribution >= 4 is 23.2 Å². The molecule has 0 saturated heterocycles. The molecule has 0 heterocycles. The van der Waals surface area contributed by atoms with Crippen molar-refractivity contribution in [2.24, 2.45) is 10.2 Å². The van der Waals surface area contributed by atoms with Gasteiger partial charge in [0.25, 0.3) is 0 Å². The molecule has 0 fully saturated rings. The summed E-state index contributed by atoms with van der Waals surface area (Å²) in [7, 11) is 0. The Morgan fingerprint density at radius 3 is 1.17 bits per heavy atom. The lowest BCUT2D eigenvalue weighted by Crippen LogP contribution is -2.01. The molecule has 8 heteroatoms. The zero-order chi connectivity index (χ0) is 14.0. The van der Waals surface area contributed by atoms with Crippen LogP contribution >= 0.6 is 0 Å². The van der Waals surface area contributed by atoms with Gasteiger partial charge in [-0.05, 0) is 0 Å². The molecule has 0 aromatic carbocycles. The highest BCUT2D eigenvalue weighted by atomic mass is 15.2. The molecule has 8 nitrogen and oxygen atoms in total. The number of allylic oxidation sites excluding steroid dienone is 2. The standard InChI is InChI=1S/C10H2N8/c11-1-7(2-12)9(5-15)17-18-10(6-16)8(3-13)4-14/h11,13H/b17-9+,18-10+. The van der Waals surface area contributed by atoms with E-state index >= 15 is 0 Å². The lowest BCUT2D eigenvalue weighted by molar-refractivity contribution is 1.24. The molecule has 0 spiro atoms. The van der Waals surface area contributed by atoms with Crippen molar-refractivity contribution in [3.05, 3.63) is 11.1 Å². The van der Waals surface area contributed by atoms with Crippen LogP contribution in [0.3, 0.4) is 0 Å². The summed E-state index contributed by atoms with van der Waals surface area (Å²) in [6.07, 6.45) is 0.